The number of hydrogen-bond acceptors (Lipinski definition) is 1. The van der Waals surface area contributed by atoms with Gasteiger partial charge in [0.15, 0.2) is 0 Å². The maximum atomic E-state index is 12.7. The van der Waals surface area contributed by atoms with Gasteiger partial charge in [-0.3, -0.25) is 0 Å². The van der Waals surface area contributed by atoms with E-state index in [0.29, 0.717) is 16.4 Å². The van der Waals surface area contributed by atoms with Crippen LogP contribution in [0.25, 0.3) is 0 Å². The van der Waals surface area contributed by atoms with Crippen LogP contribution < -0.4 is 10.6 Å². The van der Waals surface area contributed by atoms with Crippen LogP contribution in [-0.4, -0.2) is 6.03 Å². The normalized spacial score (nSPS) is 10.2. The Morgan fingerprint density at radius 2 is 1.50 bits per heavy atom. The van der Waals surface area contributed by atoms with Crippen molar-refractivity contribution < 1.29 is 9.18 Å². The minimum atomic E-state index is -0.531. The number of anilines is 2. The van der Waals surface area contributed by atoms with Gasteiger partial charge >= 0.3 is 6.03 Å². The highest BCUT2D eigenvalue weighted by atomic mass is 35.5. The lowest BCUT2D eigenvalue weighted by Crippen LogP contribution is -2.19. The van der Waals surface area contributed by atoms with Gasteiger partial charge < -0.3 is 10.6 Å². The predicted octanol–water partition coefficient (Wildman–Crippen LogP) is 5.43. The van der Waals surface area contributed by atoms with Crippen LogP contribution in [0.15, 0.2) is 36.4 Å². The molecule has 20 heavy (non-hydrogen) atoms. The van der Waals surface area contributed by atoms with Crippen LogP contribution in [0, 0.1) is 5.82 Å². The molecule has 2 N–H and O–H groups in total. The molecule has 0 saturated carbocycles. The Morgan fingerprint density at radius 3 is 2.15 bits per heavy atom. The first-order valence-corrected chi connectivity index (χ1v) is 6.57. The monoisotopic (exact) mass is 332 g/mol. The Balaban J connectivity index is 2.08. The SMILES string of the molecule is O=C(Nc1ccc(F)cc1)Nc1cc(Cl)c(Cl)cc1Cl. The molecule has 0 aliphatic carbocycles. The summed E-state index contributed by atoms with van der Waals surface area (Å²) >= 11 is 17.6. The molecule has 2 aromatic rings. The fourth-order valence-electron chi connectivity index (χ4n) is 1.44. The highest BCUT2D eigenvalue weighted by molar-refractivity contribution is 6.44. The number of amides is 2. The van der Waals surface area contributed by atoms with Gasteiger partial charge in [-0.25, -0.2) is 9.18 Å². The van der Waals surface area contributed by atoms with E-state index < -0.39 is 6.03 Å². The van der Waals surface area contributed by atoms with Crippen molar-refractivity contribution in [1.82, 2.24) is 0 Å². The van der Waals surface area contributed by atoms with E-state index in [1.807, 2.05) is 0 Å². The molecule has 0 unspecified atom stereocenters. The van der Waals surface area contributed by atoms with Crippen molar-refractivity contribution in [2.24, 2.45) is 0 Å². The van der Waals surface area contributed by atoms with E-state index in [1.54, 1.807) is 0 Å². The minimum absolute atomic E-state index is 0.258. The van der Waals surface area contributed by atoms with Gasteiger partial charge in [0.2, 0.25) is 0 Å². The van der Waals surface area contributed by atoms with Crippen molar-refractivity contribution in [3.05, 3.63) is 57.3 Å². The van der Waals surface area contributed by atoms with E-state index in [2.05, 4.69) is 10.6 Å². The third-order valence-corrected chi connectivity index (χ3v) is 3.40. The molecule has 2 amide bonds. The number of hydrogen-bond donors (Lipinski definition) is 2. The lowest BCUT2D eigenvalue weighted by Gasteiger charge is -2.10. The van der Waals surface area contributed by atoms with Crippen molar-refractivity contribution >= 4 is 52.2 Å². The summed E-state index contributed by atoms with van der Waals surface area (Å²) in [5, 5.41) is 5.87. The number of urea groups is 1. The summed E-state index contributed by atoms with van der Waals surface area (Å²) in [6, 6.07) is 7.69. The topological polar surface area (TPSA) is 41.1 Å². The zero-order valence-electron chi connectivity index (χ0n) is 9.88. The van der Waals surface area contributed by atoms with Crippen LogP contribution in [0.4, 0.5) is 20.6 Å². The van der Waals surface area contributed by atoms with Gasteiger partial charge in [-0.05, 0) is 36.4 Å². The van der Waals surface area contributed by atoms with E-state index >= 15 is 0 Å². The molecule has 0 spiro atoms. The quantitative estimate of drug-likeness (QED) is 0.707. The third kappa shape index (κ3) is 3.76. The number of carbonyl (C=O) groups excluding carboxylic acids is 1. The number of benzene rings is 2. The number of halogens is 4. The van der Waals surface area contributed by atoms with Crippen LogP contribution in [0.1, 0.15) is 0 Å². The van der Waals surface area contributed by atoms with Crippen LogP contribution in [0.2, 0.25) is 15.1 Å². The van der Waals surface area contributed by atoms with Crippen molar-refractivity contribution in [2.75, 3.05) is 10.6 Å². The Hall–Kier alpha value is -1.49. The fourth-order valence-corrected chi connectivity index (χ4v) is 2.03. The molecule has 0 radical (unpaired) electrons. The molecule has 3 nitrogen and oxygen atoms in total. The Kier molecular flexibility index (Phi) is 4.70. The summed E-state index contributed by atoms with van der Waals surface area (Å²) in [6.45, 7) is 0. The van der Waals surface area contributed by atoms with E-state index in [4.69, 9.17) is 34.8 Å². The van der Waals surface area contributed by atoms with E-state index in [9.17, 15) is 9.18 Å². The molecular weight excluding hydrogens is 326 g/mol. The maximum absolute atomic E-state index is 12.7. The summed E-state index contributed by atoms with van der Waals surface area (Å²) in [4.78, 5) is 11.8. The zero-order valence-corrected chi connectivity index (χ0v) is 12.2. The number of carbonyl (C=O) groups is 1. The number of nitrogens with one attached hydrogen (secondary N) is 2. The van der Waals surface area contributed by atoms with Gasteiger partial charge in [0.25, 0.3) is 0 Å². The molecule has 104 valence electrons. The molecule has 0 atom stereocenters. The zero-order chi connectivity index (χ0) is 14.7. The first-order valence-electron chi connectivity index (χ1n) is 5.44. The highest BCUT2D eigenvalue weighted by Crippen LogP contribution is 2.32. The Labute approximate surface area is 129 Å². The molecule has 0 aliphatic rings. The molecule has 0 bridgehead atoms. The van der Waals surface area contributed by atoms with E-state index in [-0.39, 0.29) is 15.9 Å². The summed E-state index contributed by atoms with van der Waals surface area (Å²) in [5.74, 6) is -0.386. The van der Waals surface area contributed by atoms with Crippen molar-refractivity contribution in [3.63, 3.8) is 0 Å². The first-order chi connectivity index (χ1) is 9.45. The van der Waals surface area contributed by atoms with Gasteiger partial charge in [-0.15, -0.1) is 0 Å². The second kappa shape index (κ2) is 6.31. The van der Waals surface area contributed by atoms with Gasteiger partial charge in [-0.2, -0.15) is 0 Å². The lowest BCUT2D eigenvalue weighted by molar-refractivity contribution is 0.262. The molecule has 7 heteroatoms. The number of rotatable bonds is 2. The molecule has 0 saturated heterocycles. The van der Waals surface area contributed by atoms with Crippen LogP contribution >= 0.6 is 34.8 Å². The van der Waals surface area contributed by atoms with Crippen molar-refractivity contribution in [3.8, 4) is 0 Å². The van der Waals surface area contributed by atoms with E-state index in [0.717, 1.165) is 0 Å². The summed E-state index contributed by atoms with van der Waals surface area (Å²) < 4.78 is 12.7. The molecule has 2 aromatic carbocycles. The largest absolute Gasteiger partial charge is 0.323 e. The van der Waals surface area contributed by atoms with Crippen LogP contribution in [0.3, 0.4) is 0 Å². The maximum Gasteiger partial charge on any atom is 0.323 e. The molecule has 0 aromatic heterocycles. The van der Waals surface area contributed by atoms with Crippen LogP contribution in [0.5, 0.6) is 0 Å². The van der Waals surface area contributed by atoms with Gasteiger partial charge in [0.05, 0.1) is 20.8 Å². The first kappa shape index (κ1) is 14.9. The van der Waals surface area contributed by atoms with Crippen molar-refractivity contribution in [2.45, 2.75) is 0 Å². The predicted molar refractivity (Wildman–Crippen MR) is 80.5 cm³/mol. The van der Waals surface area contributed by atoms with Crippen molar-refractivity contribution in [1.29, 1.82) is 0 Å². The van der Waals surface area contributed by atoms with Crippen LogP contribution in [-0.2, 0) is 0 Å². The van der Waals surface area contributed by atoms with Gasteiger partial charge in [0, 0.05) is 5.69 Å². The second-order valence-corrected chi connectivity index (χ2v) is 5.05. The summed E-state index contributed by atoms with van der Waals surface area (Å²) in [7, 11) is 0. The van der Waals surface area contributed by atoms with Gasteiger partial charge in [0.1, 0.15) is 5.82 Å². The average molecular weight is 334 g/mol. The lowest BCUT2D eigenvalue weighted by atomic mass is 10.3. The Morgan fingerprint density at radius 1 is 0.900 bits per heavy atom. The summed E-state index contributed by atoms with van der Waals surface area (Å²) in [5.41, 5.74) is 0.765. The molecule has 0 fully saturated rings. The smallest absolute Gasteiger partial charge is 0.308 e. The molecule has 2 rings (SSSR count). The highest BCUT2D eigenvalue weighted by Gasteiger charge is 2.09. The fraction of sp³-hybridized carbons (Fsp3) is 0. The molecular formula is C13H8Cl3FN2O. The van der Waals surface area contributed by atoms with Gasteiger partial charge in [-0.1, -0.05) is 34.8 Å². The molecule has 0 aliphatic heterocycles. The standard InChI is InChI=1S/C13H8Cl3FN2O/c14-9-5-11(16)12(6-10(9)15)19-13(20)18-8-3-1-7(17)2-4-8/h1-6H,(H2,18,19,20). The average Bonchev–Trinajstić information content (AvgIpc) is 2.39. The minimum Gasteiger partial charge on any atom is -0.308 e. The Bertz CT molecular complexity index is 647. The summed E-state index contributed by atoms with van der Waals surface area (Å²) in [6.07, 6.45) is 0. The third-order valence-electron chi connectivity index (χ3n) is 2.36. The second-order valence-electron chi connectivity index (χ2n) is 3.83. The van der Waals surface area contributed by atoms with E-state index in [1.165, 1.54) is 36.4 Å². The molecule has 0 heterocycles.